The van der Waals surface area contributed by atoms with E-state index in [9.17, 15) is 4.79 Å². The highest BCUT2D eigenvalue weighted by atomic mass is 16.5. The zero-order chi connectivity index (χ0) is 13.7. The quantitative estimate of drug-likeness (QED) is 0.798. The molecule has 1 atom stereocenters. The van der Waals surface area contributed by atoms with Crippen molar-refractivity contribution in [1.29, 1.82) is 0 Å². The van der Waals surface area contributed by atoms with Gasteiger partial charge >= 0.3 is 0 Å². The summed E-state index contributed by atoms with van der Waals surface area (Å²) in [5.41, 5.74) is 0. The molecule has 2 aliphatic rings. The van der Waals surface area contributed by atoms with Crippen LogP contribution < -0.4 is 5.32 Å². The first-order chi connectivity index (χ1) is 9.22. The van der Waals surface area contributed by atoms with Gasteiger partial charge in [0.15, 0.2) is 0 Å². The highest BCUT2D eigenvalue weighted by molar-refractivity contribution is 5.82. The molecule has 5 heteroatoms. The third-order valence-electron chi connectivity index (χ3n) is 4.21. The number of carbonyl (C=O) groups is 1. The van der Waals surface area contributed by atoms with E-state index in [0.717, 1.165) is 32.5 Å². The molecule has 0 aromatic rings. The molecule has 19 heavy (non-hydrogen) atoms. The lowest BCUT2D eigenvalue weighted by atomic mass is 10.0. The van der Waals surface area contributed by atoms with Crippen LogP contribution in [0.25, 0.3) is 0 Å². The van der Waals surface area contributed by atoms with Crippen molar-refractivity contribution in [2.45, 2.75) is 38.3 Å². The number of nitrogens with zero attached hydrogens (tertiary/aromatic N) is 2. The predicted octanol–water partition coefficient (Wildman–Crippen LogP) is 0.308. The molecule has 1 unspecified atom stereocenters. The van der Waals surface area contributed by atoms with Crippen molar-refractivity contribution in [2.24, 2.45) is 0 Å². The van der Waals surface area contributed by atoms with Crippen molar-refractivity contribution in [2.75, 3.05) is 46.4 Å². The second-order valence-corrected chi connectivity index (χ2v) is 5.60. The summed E-state index contributed by atoms with van der Waals surface area (Å²) >= 11 is 0. The Kier molecular flexibility index (Phi) is 5.60. The SMILES string of the molecule is CCCN1CCC(N(C)C(=O)C2COCCN2)CC1. The first kappa shape index (κ1) is 14.8. The number of likely N-dealkylation sites (tertiary alicyclic amines) is 1. The van der Waals surface area contributed by atoms with Gasteiger partial charge in [0.1, 0.15) is 6.04 Å². The van der Waals surface area contributed by atoms with E-state index in [-0.39, 0.29) is 11.9 Å². The van der Waals surface area contributed by atoms with Crippen molar-refractivity contribution < 1.29 is 9.53 Å². The van der Waals surface area contributed by atoms with E-state index >= 15 is 0 Å². The lowest BCUT2D eigenvalue weighted by Crippen LogP contribution is -2.55. The average molecular weight is 269 g/mol. The second kappa shape index (κ2) is 7.22. The summed E-state index contributed by atoms with van der Waals surface area (Å²) in [7, 11) is 1.94. The van der Waals surface area contributed by atoms with Gasteiger partial charge in [-0.05, 0) is 25.8 Å². The fourth-order valence-corrected chi connectivity index (χ4v) is 3.00. The van der Waals surface area contributed by atoms with E-state index in [2.05, 4.69) is 17.1 Å². The normalized spacial score (nSPS) is 26.3. The number of ether oxygens (including phenoxy) is 1. The number of piperidine rings is 1. The molecule has 2 heterocycles. The van der Waals surface area contributed by atoms with Gasteiger partial charge in [-0.15, -0.1) is 0 Å². The van der Waals surface area contributed by atoms with Crippen LogP contribution in [0.5, 0.6) is 0 Å². The van der Waals surface area contributed by atoms with Crippen LogP contribution in [-0.2, 0) is 9.53 Å². The lowest BCUT2D eigenvalue weighted by molar-refractivity contribution is -0.138. The Morgan fingerprint density at radius 1 is 1.42 bits per heavy atom. The Labute approximate surface area is 116 Å². The molecule has 2 saturated heterocycles. The molecule has 110 valence electrons. The van der Waals surface area contributed by atoms with Crippen LogP contribution in [0.3, 0.4) is 0 Å². The summed E-state index contributed by atoms with van der Waals surface area (Å²) in [6, 6.07) is 0.247. The lowest BCUT2D eigenvalue weighted by Gasteiger charge is -2.38. The van der Waals surface area contributed by atoms with E-state index in [0.29, 0.717) is 19.3 Å². The van der Waals surface area contributed by atoms with Gasteiger partial charge < -0.3 is 19.9 Å². The molecular weight excluding hydrogens is 242 g/mol. The van der Waals surface area contributed by atoms with Gasteiger partial charge in [-0.2, -0.15) is 0 Å². The number of amides is 1. The molecule has 0 aliphatic carbocycles. The first-order valence-electron chi connectivity index (χ1n) is 7.52. The molecule has 5 nitrogen and oxygen atoms in total. The molecule has 0 aromatic carbocycles. The molecule has 1 amide bonds. The molecule has 2 rings (SSSR count). The largest absolute Gasteiger partial charge is 0.378 e. The molecule has 2 fully saturated rings. The summed E-state index contributed by atoms with van der Waals surface area (Å²) in [6.45, 7) is 7.63. The summed E-state index contributed by atoms with van der Waals surface area (Å²) in [5, 5.41) is 3.24. The van der Waals surface area contributed by atoms with Gasteiger partial charge in [0, 0.05) is 32.7 Å². The van der Waals surface area contributed by atoms with Crippen molar-refractivity contribution >= 4 is 5.91 Å². The predicted molar refractivity (Wildman–Crippen MR) is 75.1 cm³/mol. The molecule has 0 radical (unpaired) electrons. The van der Waals surface area contributed by atoms with E-state index < -0.39 is 0 Å². The van der Waals surface area contributed by atoms with E-state index in [1.807, 2.05) is 11.9 Å². The van der Waals surface area contributed by atoms with E-state index in [1.165, 1.54) is 13.0 Å². The third-order valence-corrected chi connectivity index (χ3v) is 4.21. The summed E-state index contributed by atoms with van der Waals surface area (Å²) in [4.78, 5) is 16.8. The standard InChI is InChI=1S/C14H27N3O2/c1-3-7-17-8-4-12(5-9-17)16(2)14(18)13-11-19-10-6-15-13/h12-13,15H,3-11H2,1-2H3. The zero-order valence-electron chi connectivity index (χ0n) is 12.2. The monoisotopic (exact) mass is 269 g/mol. The minimum Gasteiger partial charge on any atom is -0.378 e. The molecule has 0 bridgehead atoms. The van der Waals surface area contributed by atoms with Crippen LogP contribution in [0.4, 0.5) is 0 Å². The van der Waals surface area contributed by atoms with Crippen molar-refractivity contribution in [3.05, 3.63) is 0 Å². The average Bonchev–Trinajstić information content (AvgIpc) is 2.48. The Morgan fingerprint density at radius 3 is 2.74 bits per heavy atom. The van der Waals surface area contributed by atoms with Crippen molar-refractivity contribution in [3.8, 4) is 0 Å². The smallest absolute Gasteiger partial charge is 0.242 e. The summed E-state index contributed by atoms with van der Waals surface area (Å²) in [6.07, 6.45) is 3.40. The molecule has 0 spiro atoms. The summed E-state index contributed by atoms with van der Waals surface area (Å²) in [5.74, 6) is 0.189. The molecule has 0 aromatic heterocycles. The van der Waals surface area contributed by atoms with Crippen LogP contribution in [0.1, 0.15) is 26.2 Å². The number of likely N-dealkylation sites (N-methyl/N-ethyl adjacent to an activating group) is 1. The van der Waals surface area contributed by atoms with Crippen LogP contribution in [-0.4, -0.2) is 74.2 Å². The second-order valence-electron chi connectivity index (χ2n) is 5.60. The Morgan fingerprint density at radius 2 is 2.16 bits per heavy atom. The van der Waals surface area contributed by atoms with Crippen molar-refractivity contribution in [1.82, 2.24) is 15.1 Å². The zero-order valence-corrected chi connectivity index (χ0v) is 12.2. The van der Waals surface area contributed by atoms with Gasteiger partial charge in [0.05, 0.1) is 13.2 Å². The third kappa shape index (κ3) is 3.91. The first-order valence-corrected chi connectivity index (χ1v) is 7.52. The minimum absolute atomic E-state index is 0.146. The van der Waals surface area contributed by atoms with Gasteiger partial charge in [0.2, 0.25) is 5.91 Å². The maximum Gasteiger partial charge on any atom is 0.242 e. The maximum atomic E-state index is 12.4. The number of nitrogens with one attached hydrogen (secondary N) is 1. The van der Waals surface area contributed by atoms with Crippen LogP contribution in [0.2, 0.25) is 0 Å². The van der Waals surface area contributed by atoms with Gasteiger partial charge in [-0.25, -0.2) is 0 Å². The van der Waals surface area contributed by atoms with Gasteiger partial charge in [-0.1, -0.05) is 6.92 Å². The Bertz CT molecular complexity index is 284. The van der Waals surface area contributed by atoms with Crippen LogP contribution >= 0.6 is 0 Å². The topological polar surface area (TPSA) is 44.8 Å². The minimum atomic E-state index is -0.146. The highest BCUT2D eigenvalue weighted by Gasteiger charge is 2.30. The highest BCUT2D eigenvalue weighted by Crippen LogP contribution is 2.16. The molecule has 2 aliphatic heterocycles. The number of carbonyl (C=O) groups excluding carboxylic acids is 1. The number of hydrogen-bond donors (Lipinski definition) is 1. The molecule has 0 saturated carbocycles. The number of morpholine rings is 1. The van der Waals surface area contributed by atoms with E-state index in [4.69, 9.17) is 4.74 Å². The van der Waals surface area contributed by atoms with Gasteiger partial charge in [-0.3, -0.25) is 4.79 Å². The fraction of sp³-hybridized carbons (Fsp3) is 0.929. The fourth-order valence-electron chi connectivity index (χ4n) is 3.00. The Hall–Kier alpha value is -0.650. The summed E-state index contributed by atoms with van der Waals surface area (Å²) < 4.78 is 5.37. The van der Waals surface area contributed by atoms with Crippen molar-refractivity contribution in [3.63, 3.8) is 0 Å². The molecule has 1 N–H and O–H groups in total. The number of rotatable bonds is 4. The molecular formula is C14H27N3O2. The Balaban J connectivity index is 1.79. The van der Waals surface area contributed by atoms with Crippen LogP contribution in [0.15, 0.2) is 0 Å². The van der Waals surface area contributed by atoms with Crippen LogP contribution in [0, 0.1) is 0 Å². The number of hydrogen-bond acceptors (Lipinski definition) is 4. The van der Waals surface area contributed by atoms with E-state index in [1.54, 1.807) is 0 Å². The van der Waals surface area contributed by atoms with Gasteiger partial charge in [0.25, 0.3) is 0 Å². The maximum absolute atomic E-state index is 12.4.